The van der Waals surface area contributed by atoms with Crippen LogP contribution in [0.4, 0.5) is 0 Å². The summed E-state index contributed by atoms with van der Waals surface area (Å²) in [6.45, 7) is 0. The Labute approximate surface area is 92.8 Å². The Morgan fingerprint density at radius 2 is 2.43 bits per heavy atom. The molecule has 0 radical (unpaired) electrons. The first-order chi connectivity index (χ1) is 6.74. The van der Waals surface area contributed by atoms with E-state index in [0.717, 1.165) is 9.17 Å². The van der Waals surface area contributed by atoms with Crippen LogP contribution in [0.1, 0.15) is 10.4 Å². The molecule has 0 saturated heterocycles. The van der Waals surface area contributed by atoms with Crippen LogP contribution in [-0.4, -0.2) is 18.1 Å². The number of nitrogens with zero attached hydrogens (tertiary/aromatic N) is 1. The van der Waals surface area contributed by atoms with E-state index >= 15 is 0 Å². The van der Waals surface area contributed by atoms with E-state index in [1.54, 1.807) is 11.6 Å². The van der Waals surface area contributed by atoms with Gasteiger partial charge in [-0.1, -0.05) is 0 Å². The van der Waals surface area contributed by atoms with Crippen molar-refractivity contribution in [3.63, 3.8) is 0 Å². The van der Waals surface area contributed by atoms with E-state index in [9.17, 15) is 4.79 Å². The molecule has 0 aliphatic carbocycles. The smallest absolute Gasteiger partial charge is 0.340 e. The second kappa shape index (κ2) is 3.67. The number of methoxy groups -OCH3 is 1. The molecule has 0 atom stereocenters. The third-order valence-electron chi connectivity index (χ3n) is 1.81. The average molecular weight is 272 g/mol. The van der Waals surface area contributed by atoms with Crippen LogP contribution in [0.3, 0.4) is 0 Å². The molecular formula is C9H6BrNO2S. The van der Waals surface area contributed by atoms with Crippen molar-refractivity contribution >= 4 is 43.5 Å². The van der Waals surface area contributed by atoms with Crippen molar-refractivity contribution in [2.75, 3.05) is 7.11 Å². The lowest BCUT2D eigenvalue weighted by Crippen LogP contribution is -1.99. The zero-order valence-electron chi connectivity index (χ0n) is 7.28. The molecule has 0 aliphatic heterocycles. The van der Waals surface area contributed by atoms with Crippen molar-refractivity contribution in [3.05, 3.63) is 27.7 Å². The van der Waals surface area contributed by atoms with Gasteiger partial charge < -0.3 is 4.74 Å². The van der Waals surface area contributed by atoms with Crippen LogP contribution in [0.5, 0.6) is 0 Å². The van der Waals surface area contributed by atoms with Crippen LogP contribution >= 0.6 is 27.3 Å². The fraction of sp³-hybridized carbons (Fsp3) is 0.111. The molecule has 0 aromatic carbocycles. The number of thiophene rings is 1. The molecule has 14 heavy (non-hydrogen) atoms. The van der Waals surface area contributed by atoms with Gasteiger partial charge in [-0.25, -0.2) is 4.79 Å². The Morgan fingerprint density at radius 1 is 1.64 bits per heavy atom. The van der Waals surface area contributed by atoms with Gasteiger partial charge in [-0.05, 0) is 22.0 Å². The molecule has 0 amide bonds. The zero-order valence-corrected chi connectivity index (χ0v) is 9.68. The first-order valence-corrected chi connectivity index (χ1v) is 5.51. The van der Waals surface area contributed by atoms with Crippen molar-refractivity contribution in [1.82, 2.24) is 4.98 Å². The van der Waals surface area contributed by atoms with Gasteiger partial charge in [-0.2, -0.15) is 0 Å². The third kappa shape index (κ3) is 1.42. The second-order valence-corrected chi connectivity index (χ2v) is 4.35. The standard InChI is InChI=1S/C9H6BrNO2S/c1-13-9(12)5-4-14-8-6(10)2-3-11-7(5)8/h2-4H,1H3. The van der Waals surface area contributed by atoms with Crippen molar-refractivity contribution < 1.29 is 9.53 Å². The summed E-state index contributed by atoms with van der Waals surface area (Å²) in [5.74, 6) is -0.346. The minimum absolute atomic E-state index is 0.346. The molecule has 0 bridgehead atoms. The number of fused-ring (bicyclic) bond motifs is 1. The van der Waals surface area contributed by atoms with E-state index in [0.29, 0.717) is 11.1 Å². The molecule has 5 heteroatoms. The van der Waals surface area contributed by atoms with E-state index in [-0.39, 0.29) is 5.97 Å². The lowest BCUT2D eigenvalue weighted by molar-refractivity contribution is 0.0603. The summed E-state index contributed by atoms with van der Waals surface area (Å²) in [5.41, 5.74) is 1.21. The first kappa shape index (κ1) is 9.61. The number of carbonyl (C=O) groups excluding carboxylic acids is 1. The van der Waals surface area contributed by atoms with E-state index < -0.39 is 0 Å². The molecule has 0 aliphatic rings. The highest BCUT2D eigenvalue weighted by Gasteiger charge is 2.14. The molecule has 2 rings (SSSR count). The molecule has 2 aromatic heterocycles. The molecular weight excluding hydrogens is 266 g/mol. The van der Waals surface area contributed by atoms with Gasteiger partial charge in [0, 0.05) is 16.0 Å². The number of hydrogen-bond donors (Lipinski definition) is 0. The topological polar surface area (TPSA) is 39.2 Å². The number of aromatic nitrogens is 1. The van der Waals surface area contributed by atoms with E-state index in [1.165, 1.54) is 18.4 Å². The third-order valence-corrected chi connectivity index (χ3v) is 3.74. The average Bonchev–Trinajstić information content (AvgIpc) is 2.62. The lowest BCUT2D eigenvalue weighted by Gasteiger charge is -1.96. The maximum Gasteiger partial charge on any atom is 0.340 e. The van der Waals surface area contributed by atoms with E-state index in [2.05, 4.69) is 25.7 Å². The van der Waals surface area contributed by atoms with Crippen LogP contribution in [-0.2, 0) is 4.74 Å². The summed E-state index contributed by atoms with van der Waals surface area (Å²) in [5, 5.41) is 1.76. The maximum absolute atomic E-state index is 11.3. The lowest BCUT2D eigenvalue weighted by atomic mass is 10.3. The molecule has 0 saturated carbocycles. The number of hydrogen-bond acceptors (Lipinski definition) is 4. The molecule has 2 aromatic rings. The number of rotatable bonds is 1. The van der Waals surface area contributed by atoms with Gasteiger partial charge in [0.15, 0.2) is 0 Å². The highest BCUT2D eigenvalue weighted by Crippen LogP contribution is 2.30. The SMILES string of the molecule is COC(=O)c1csc2c(Br)ccnc12. The number of pyridine rings is 1. The highest BCUT2D eigenvalue weighted by molar-refractivity contribution is 9.10. The number of ether oxygens (including phenoxy) is 1. The van der Waals surface area contributed by atoms with Crippen LogP contribution in [0.25, 0.3) is 10.2 Å². The molecule has 0 spiro atoms. The Kier molecular flexibility index (Phi) is 2.52. The summed E-state index contributed by atoms with van der Waals surface area (Å²) in [4.78, 5) is 15.5. The monoisotopic (exact) mass is 271 g/mol. The molecule has 0 fully saturated rings. The predicted octanol–water partition coefficient (Wildman–Crippen LogP) is 2.85. The first-order valence-electron chi connectivity index (χ1n) is 3.84. The Morgan fingerprint density at radius 3 is 3.14 bits per heavy atom. The molecule has 0 unspecified atom stereocenters. The van der Waals surface area contributed by atoms with Gasteiger partial charge in [0.2, 0.25) is 0 Å². The van der Waals surface area contributed by atoms with Crippen LogP contribution in [0.15, 0.2) is 22.1 Å². The van der Waals surface area contributed by atoms with Crippen molar-refractivity contribution in [2.45, 2.75) is 0 Å². The Hall–Kier alpha value is -0.940. The maximum atomic E-state index is 11.3. The number of halogens is 1. The zero-order chi connectivity index (χ0) is 10.1. The molecule has 0 N–H and O–H groups in total. The molecule has 2 heterocycles. The summed E-state index contributed by atoms with van der Waals surface area (Å²) in [6.07, 6.45) is 1.66. The predicted molar refractivity (Wildman–Crippen MR) is 58.7 cm³/mol. The van der Waals surface area contributed by atoms with Gasteiger partial charge in [-0.3, -0.25) is 4.98 Å². The number of carbonyl (C=O) groups is 1. The summed E-state index contributed by atoms with van der Waals surface area (Å²) in [6, 6.07) is 1.85. The van der Waals surface area contributed by atoms with Gasteiger partial charge in [0.05, 0.1) is 22.9 Å². The summed E-state index contributed by atoms with van der Waals surface area (Å²) >= 11 is 4.87. The summed E-state index contributed by atoms with van der Waals surface area (Å²) in [7, 11) is 1.36. The van der Waals surface area contributed by atoms with E-state index in [4.69, 9.17) is 0 Å². The second-order valence-electron chi connectivity index (χ2n) is 2.61. The quantitative estimate of drug-likeness (QED) is 0.749. The normalized spacial score (nSPS) is 10.4. The molecule has 72 valence electrons. The van der Waals surface area contributed by atoms with E-state index in [1.807, 2.05) is 6.07 Å². The van der Waals surface area contributed by atoms with Crippen LogP contribution in [0.2, 0.25) is 0 Å². The minimum atomic E-state index is -0.346. The Bertz CT molecular complexity index is 495. The summed E-state index contributed by atoms with van der Waals surface area (Å²) < 4.78 is 6.57. The van der Waals surface area contributed by atoms with Crippen LogP contribution in [0, 0.1) is 0 Å². The van der Waals surface area contributed by atoms with Gasteiger partial charge in [-0.15, -0.1) is 11.3 Å². The van der Waals surface area contributed by atoms with Gasteiger partial charge in [0.25, 0.3) is 0 Å². The van der Waals surface area contributed by atoms with Gasteiger partial charge in [0.1, 0.15) is 0 Å². The van der Waals surface area contributed by atoms with Crippen LogP contribution < -0.4 is 0 Å². The Balaban J connectivity index is 2.70. The highest BCUT2D eigenvalue weighted by atomic mass is 79.9. The molecule has 3 nitrogen and oxygen atoms in total. The number of esters is 1. The fourth-order valence-corrected chi connectivity index (χ4v) is 2.64. The largest absolute Gasteiger partial charge is 0.465 e. The van der Waals surface area contributed by atoms with Crippen molar-refractivity contribution in [1.29, 1.82) is 0 Å². The fourth-order valence-electron chi connectivity index (χ4n) is 1.16. The van der Waals surface area contributed by atoms with Crippen molar-refractivity contribution in [3.8, 4) is 0 Å². The van der Waals surface area contributed by atoms with Crippen molar-refractivity contribution in [2.24, 2.45) is 0 Å². The minimum Gasteiger partial charge on any atom is -0.465 e. The van der Waals surface area contributed by atoms with Gasteiger partial charge >= 0.3 is 5.97 Å².